The fourth-order valence-corrected chi connectivity index (χ4v) is 2.99. The van der Waals surface area contributed by atoms with Crippen molar-refractivity contribution < 1.29 is 17.6 Å². The highest BCUT2D eigenvalue weighted by atomic mass is 19.4. The van der Waals surface area contributed by atoms with E-state index < -0.39 is 17.6 Å². The van der Waals surface area contributed by atoms with Crippen molar-refractivity contribution in [3.63, 3.8) is 0 Å². The lowest BCUT2D eigenvalue weighted by Crippen LogP contribution is -2.46. The average Bonchev–Trinajstić information content (AvgIpc) is 2.49. The second-order valence-corrected chi connectivity index (χ2v) is 5.85. The van der Waals surface area contributed by atoms with Crippen LogP contribution in [0.25, 0.3) is 0 Å². The summed E-state index contributed by atoms with van der Waals surface area (Å²) in [5.41, 5.74) is -0.626. The Kier molecular flexibility index (Phi) is 5.45. The first-order chi connectivity index (χ1) is 10.3. The van der Waals surface area contributed by atoms with Crippen LogP contribution in [-0.4, -0.2) is 31.1 Å². The fourth-order valence-electron chi connectivity index (χ4n) is 2.99. The van der Waals surface area contributed by atoms with Gasteiger partial charge in [0, 0.05) is 37.8 Å². The molecule has 2 rings (SSSR count). The molecular formula is C16H22F4N2. The molecule has 2 nitrogen and oxygen atoms in total. The third-order valence-electron chi connectivity index (χ3n) is 4.37. The summed E-state index contributed by atoms with van der Waals surface area (Å²) >= 11 is 0. The lowest BCUT2D eigenvalue weighted by atomic mass is 9.89. The van der Waals surface area contributed by atoms with Crippen LogP contribution in [0.3, 0.4) is 0 Å². The number of nitrogens with one attached hydrogen (secondary N) is 1. The molecule has 1 aliphatic heterocycles. The quantitative estimate of drug-likeness (QED) is 0.849. The van der Waals surface area contributed by atoms with Crippen molar-refractivity contribution in [2.75, 3.05) is 26.2 Å². The van der Waals surface area contributed by atoms with Crippen LogP contribution in [0.2, 0.25) is 0 Å². The third-order valence-corrected chi connectivity index (χ3v) is 4.37. The van der Waals surface area contributed by atoms with E-state index in [2.05, 4.69) is 10.2 Å². The van der Waals surface area contributed by atoms with E-state index in [9.17, 15) is 17.6 Å². The van der Waals surface area contributed by atoms with Crippen molar-refractivity contribution in [3.8, 4) is 0 Å². The van der Waals surface area contributed by atoms with E-state index >= 15 is 0 Å². The highest BCUT2D eigenvalue weighted by Gasteiger charge is 2.34. The van der Waals surface area contributed by atoms with Crippen LogP contribution in [0.4, 0.5) is 17.6 Å². The molecule has 0 radical (unpaired) electrons. The Bertz CT molecular complexity index is 495. The molecule has 1 saturated heterocycles. The van der Waals surface area contributed by atoms with Crippen molar-refractivity contribution >= 4 is 0 Å². The molecule has 1 heterocycles. The molecule has 1 aromatic rings. The molecule has 0 bridgehead atoms. The summed E-state index contributed by atoms with van der Waals surface area (Å²) in [6, 6.07) is 2.41. The minimum atomic E-state index is -4.45. The smallest absolute Gasteiger partial charge is 0.314 e. The number of hydrogen-bond acceptors (Lipinski definition) is 2. The molecule has 1 unspecified atom stereocenters. The van der Waals surface area contributed by atoms with E-state index in [0.29, 0.717) is 13.1 Å². The number of halogens is 4. The Morgan fingerprint density at radius 2 is 1.86 bits per heavy atom. The Morgan fingerprint density at radius 1 is 1.23 bits per heavy atom. The summed E-state index contributed by atoms with van der Waals surface area (Å²) < 4.78 is 53.1. The van der Waals surface area contributed by atoms with Gasteiger partial charge in [-0.3, -0.25) is 4.90 Å². The van der Waals surface area contributed by atoms with Crippen LogP contribution < -0.4 is 5.32 Å². The number of piperazine rings is 1. The molecule has 0 aliphatic carbocycles. The zero-order chi connectivity index (χ0) is 16.3. The molecular weight excluding hydrogens is 296 g/mol. The fraction of sp³-hybridized carbons (Fsp3) is 0.625. The van der Waals surface area contributed by atoms with Crippen molar-refractivity contribution in [2.24, 2.45) is 5.92 Å². The third kappa shape index (κ3) is 3.79. The molecule has 2 atom stereocenters. The van der Waals surface area contributed by atoms with Crippen molar-refractivity contribution in [2.45, 2.75) is 32.5 Å². The maximum atomic E-state index is 14.2. The van der Waals surface area contributed by atoms with Crippen molar-refractivity contribution in [1.29, 1.82) is 0 Å². The van der Waals surface area contributed by atoms with Gasteiger partial charge in [0.25, 0.3) is 0 Å². The summed E-state index contributed by atoms with van der Waals surface area (Å²) in [5, 5.41) is 3.21. The molecule has 0 spiro atoms. The molecule has 0 saturated carbocycles. The maximum absolute atomic E-state index is 14.2. The first-order valence-electron chi connectivity index (χ1n) is 7.66. The zero-order valence-corrected chi connectivity index (χ0v) is 12.9. The topological polar surface area (TPSA) is 15.3 Å². The van der Waals surface area contributed by atoms with Gasteiger partial charge in [0.05, 0.1) is 5.56 Å². The zero-order valence-electron chi connectivity index (χ0n) is 12.9. The van der Waals surface area contributed by atoms with Crippen LogP contribution in [0.1, 0.15) is 37.4 Å². The molecule has 1 aliphatic rings. The van der Waals surface area contributed by atoms with Gasteiger partial charge in [0.2, 0.25) is 0 Å². The number of benzene rings is 1. The number of nitrogens with zero attached hydrogens (tertiary/aromatic N) is 1. The van der Waals surface area contributed by atoms with E-state index in [1.165, 1.54) is 0 Å². The monoisotopic (exact) mass is 318 g/mol. The van der Waals surface area contributed by atoms with E-state index in [0.717, 1.165) is 37.7 Å². The van der Waals surface area contributed by atoms with Gasteiger partial charge in [0.15, 0.2) is 0 Å². The summed E-state index contributed by atoms with van der Waals surface area (Å²) in [6.45, 7) is 6.91. The van der Waals surface area contributed by atoms with Gasteiger partial charge < -0.3 is 5.32 Å². The van der Waals surface area contributed by atoms with Crippen LogP contribution in [0, 0.1) is 11.7 Å². The van der Waals surface area contributed by atoms with E-state index in [1.807, 2.05) is 13.8 Å². The van der Waals surface area contributed by atoms with E-state index in [1.54, 1.807) is 0 Å². The highest BCUT2D eigenvalue weighted by Crippen LogP contribution is 2.37. The first-order valence-corrected chi connectivity index (χ1v) is 7.66. The number of hydrogen-bond donors (Lipinski definition) is 1. The minimum Gasteiger partial charge on any atom is -0.314 e. The molecule has 6 heteroatoms. The second kappa shape index (κ2) is 6.96. The normalized spacial score (nSPS) is 19.9. The van der Waals surface area contributed by atoms with Gasteiger partial charge in [-0.2, -0.15) is 13.2 Å². The largest absolute Gasteiger partial charge is 0.416 e. The van der Waals surface area contributed by atoms with Crippen LogP contribution in [0.5, 0.6) is 0 Å². The van der Waals surface area contributed by atoms with Crippen LogP contribution in [0.15, 0.2) is 18.2 Å². The van der Waals surface area contributed by atoms with Crippen molar-refractivity contribution in [1.82, 2.24) is 10.2 Å². The van der Waals surface area contributed by atoms with Gasteiger partial charge in [-0.05, 0) is 24.1 Å². The lowest BCUT2D eigenvalue weighted by Gasteiger charge is -2.38. The Balaban J connectivity index is 2.41. The molecule has 124 valence electrons. The van der Waals surface area contributed by atoms with Gasteiger partial charge in [0.1, 0.15) is 5.82 Å². The van der Waals surface area contributed by atoms with Crippen LogP contribution >= 0.6 is 0 Å². The first kappa shape index (κ1) is 17.2. The molecule has 1 N–H and O–H groups in total. The van der Waals surface area contributed by atoms with Crippen molar-refractivity contribution in [3.05, 3.63) is 35.1 Å². The summed E-state index contributed by atoms with van der Waals surface area (Å²) in [5.74, 6) is -0.479. The Hall–Kier alpha value is -1.14. The Labute approximate surface area is 128 Å². The Morgan fingerprint density at radius 3 is 2.41 bits per heavy atom. The predicted molar refractivity (Wildman–Crippen MR) is 78.0 cm³/mol. The van der Waals surface area contributed by atoms with Gasteiger partial charge in [-0.25, -0.2) is 4.39 Å². The molecule has 1 aromatic carbocycles. The van der Waals surface area contributed by atoms with Gasteiger partial charge in [-0.1, -0.05) is 20.3 Å². The van der Waals surface area contributed by atoms with E-state index in [-0.39, 0.29) is 17.5 Å². The van der Waals surface area contributed by atoms with Crippen LogP contribution in [-0.2, 0) is 6.18 Å². The molecule has 0 aromatic heterocycles. The summed E-state index contributed by atoms with van der Waals surface area (Å²) in [6.07, 6.45) is -3.67. The predicted octanol–water partition coefficient (Wildman–Crippen LogP) is 3.84. The second-order valence-electron chi connectivity index (χ2n) is 5.85. The summed E-state index contributed by atoms with van der Waals surface area (Å²) in [4.78, 5) is 2.09. The lowest BCUT2D eigenvalue weighted by molar-refractivity contribution is -0.137. The van der Waals surface area contributed by atoms with Gasteiger partial charge >= 0.3 is 6.18 Å². The van der Waals surface area contributed by atoms with Gasteiger partial charge in [-0.15, -0.1) is 0 Å². The minimum absolute atomic E-state index is 0.0797. The molecule has 1 fully saturated rings. The number of rotatable bonds is 4. The maximum Gasteiger partial charge on any atom is 0.416 e. The standard InChI is InChI=1S/C16H22F4N2/c1-3-11(2)15(22-8-6-21-7-9-22)13-10-12(16(18,19)20)4-5-14(13)17/h4-5,10-11,15,21H,3,6-9H2,1-2H3/t11?,15-/m0/s1. The number of alkyl halides is 3. The summed E-state index contributed by atoms with van der Waals surface area (Å²) in [7, 11) is 0. The average molecular weight is 318 g/mol. The molecule has 22 heavy (non-hydrogen) atoms. The molecule has 0 amide bonds. The SMILES string of the molecule is CCC(C)[C@@H](c1cc(C(F)(F)F)ccc1F)N1CCNCC1. The highest BCUT2D eigenvalue weighted by molar-refractivity contribution is 5.30. The van der Waals surface area contributed by atoms with E-state index in [4.69, 9.17) is 0 Å².